The Morgan fingerprint density at radius 1 is 1.20 bits per heavy atom. The van der Waals surface area contributed by atoms with E-state index in [9.17, 15) is 4.79 Å². The molecule has 5 heteroatoms. The standard InChI is InChI=1S/C20H22N2O2S/c1-6-24-20(23)18-13(4)14(5)25-19(18)22-17-10-12(3)21-16-8-7-11(2)9-15(16)17/h7-10H,6H2,1-5H3,(H,21,22). The fourth-order valence-corrected chi connectivity index (χ4v) is 3.92. The monoisotopic (exact) mass is 354 g/mol. The van der Waals surface area contributed by atoms with E-state index in [4.69, 9.17) is 4.74 Å². The van der Waals surface area contributed by atoms with Crippen molar-refractivity contribution in [2.24, 2.45) is 0 Å². The molecule has 0 unspecified atom stereocenters. The van der Waals surface area contributed by atoms with Gasteiger partial charge in [-0.15, -0.1) is 11.3 Å². The molecule has 0 aliphatic heterocycles. The van der Waals surface area contributed by atoms with Crippen molar-refractivity contribution in [1.82, 2.24) is 4.98 Å². The number of benzene rings is 1. The van der Waals surface area contributed by atoms with Crippen molar-refractivity contribution in [1.29, 1.82) is 0 Å². The van der Waals surface area contributed by atoms with Crippen LogP contribution in [0, 0.1) is 27.7 Å². The number of pyridine rings is 1. The molecule has 2 aromatic heterocycles. The second-order valence-corrected chi connectivity index (χ2v) is 7.39. The SMILES string of the molecule is CCOC(=O)c1c(Nc2cc(C)nc3ccc(C)cc23)sc(C)c1C. The molecule has 0 amide bonds. The molecule has 0 saturated heterocycles. The van der Waals surface area contributed by atoms with Crippen LogP contribution >= 0.6 is 11.3 Å². The summed E-state index contributed by atoms with van der Waals surface area (Å²) in [7, 11) is 0. The van der Waals surface area contributed by atoms with Crippen LogP contribution in [0.5, 0.6) is 0 Å². The first-order valence-electron chi connectivity index (χ1n) is 8.32. The summed E-state index contributed by atoms with van der Waals surface area (Å²) in [6, 6.07) is 8.21. The van der Waals surface area contributed by atoms with E-state index in [0.717, 1.165) is 37.7 Å². The van der Waals surface area contributed by atoms with Crippen molar-refractivity contribution >= 4 is 38.9 Å². The molecule has 0 aliphatic carbocycles. The third kappa shape index (κ3) is 3.37. The molecule has 0 atom stereocenters. The predicted molar refractivity (Wildman–Crippen MR) is 104 cm³/mol. The van der Waals surface area contributed by atoms with Gasteiger partial charge < -0.3 is 10.1 Å². The first kappa shape index (κ1) is 17.4. The Bertz CT molecular complexity index is 960. The molecule has 0 fully saturated rings. The molecular weight excluding hydrogens is 332 g/mol. The minimum Gasteiger partial charge on any atom is -0.462 e. The maximum atomic E-state index is 12.4. The first-order chi connectivity index (χ1) is 11.9. The van der Waals surface area contributed by atoms with Gasteiger partial charge in [0.25, 0.3) is 0 Å². The number of rotatable bonds is 4. The normalized spacial score (nSPS) is 10.9. The van der Waals surface area contributed by atoms with Crippen LogP contribution < -0.4 is 5.32 Å². The summed E-state index contributed by atoms with van der Waals surface area (Å²) < 4.78 is 5.25. The maximum absolute atomic E-state index is 12.4. The molecule has 0 radical (unpaired) electrons. The highest BCUT2D eigenvalue weighted by molar-refractivity contribution is 7.16. The summed E-state index contributed by atoms with van der Waals surface area (Å²) in [5.41, 5.74) is 5.59. The molecule has 4 nitrogen and oxygen atoms in total. The highest BCUT2D eigenvalue weighted by Crippen LogP contribution is 2.37. The quantitative estimate of drug-likeness (QED) is 0.633. The summed E-state index contributed by atoms with van der Waals surface area (Å²) in [5.74, 6) is -0.280. The Hall–Kier alpha value is -2.40. The Morgan fingerprint density at radius 2 is 1.96 bits per heavy atom. The summed E-state index contributed by atoms with van der Waals surface area (Å²) in [6.07, 6.45) is 0. The van der Waals surface area contributed by atoms with Gasteiger partial charge in [-0.3, -0.25) is 4.98 Å². The number of aromatic nitrogens is 1. The van der Waals surface area contributed by atoms with Gasteiger partial charge in [-0.2, -0.15) is 0 Å². The van der Waals surface area contributed by atoms with Crippen molar-refractivity contribution in [3.63, 3.8) is 0 Å². The Labute approximate surface area is 151 Å². The number of aryl methyl sites for hydroxylation is 3. The van der Waals surface area contributed by atoms with Gasteiger partial charge in [0, 0.05) is 16.0 Å². The molecule has 0 saturated carbocycles. The molecule has 0 aliphatic rings. The minimum atomic E-state index is -0.280. The van der Waals surface area contributed by atoms with Crippen molar-refractivity contribution in [3.05, 3.63) is 51.5 Å². The topological polar surface area (TPSA) is 51.2 Å². The number of carbonyl (C=O) groups is 1. The summed E-state index contributed by atoms with van der Waals surface area (Å²) in [4.78, 5) is 18.1. The second-order valence-electron chi connectivity index (χ2n) is 6.16. The lowest BCUT2D eigenvalue weighted by atomic mass is 10.1. The Morgan fingerprint density at radius 3 is 2.68 bits per heavy atom. The average Bonchev–Trinajstić information content (AvgIpc) is 2.82. The van der Waals surface area contributed by atoms with E-state index >= 15 is 0 Å². The van der Waals surface area contributed by atoms with Crippen LogP contribution in [0.2, 0.25) is 0 Å². The van der Waals surface area contributed by atoms with Gasteiger partial charge in [-0.05, 0) is 58.4 Å². The van der Waals surface area contributed by atoms with Crippen molar-refractivity contribution in [2.45, 2.75) is 34.6 Å². The number of nitrogens with one attached hydrogen (secondary N) is 1. The number of fused-ring (bicyclic) bond motifs is 1. The van der Waals surface area contributed by atoms with Crippen molar-refractivity contribution in [2.75, 3.05) is 11.9 Å². The third-order valence-electron chi connectivity index (χ3n) is 4.21. The third-order valence-corrected chi connectivity index (χ3v) is 5.33. The first-order valence-corrected chi connectivity index (χ1v) is 9.14. The average molecular weight is 354 g/mol. The van der Waals surface area contributed by atoms with Gasteiger partial charge in [0.15, 0.2) is 0 Å². The van der Waals surface area contributed by atoms with Crippen LogP contribution in [0.15, 0.2) is 24.3 Å². The van der Waals surface area contributed by atoms with E-state index in [1.807, 2.05) is 39.8 Å². The highest BCUT2D eigenvalue weighted by atomic mass is 32.1. The van der Waals surface area contributed by atoms with Crippen LogP contribution in [0.1, 0.15) is 39.0 Å². The summed E-state index contributed by atoms with van der Waals surface area (Å²) >= 11 is 1.58. The Balaban J connectivity index is 2.12. The lowest BCUT2D eigenvalue weighted by Crippen LogP contribution is -2.07. The van der Waals surface area contributed by atoms with Crippen LogP contribution in [0.25, 0.3) is 10.9 Å². The zero-order valence-electron chi connectivity index (χ0n) is 15.2. The van der Waals surface area contributed by atoms with E-state index in [2.05, 4.69) is 29.4 Å². The molecule has 2 heterocycles. The van der Waals surface area contributed by atoms with Gasteiger partial charge in [-0.25, -0.2) is 4.79 Å². The molecule has 0 spiro atoms. The fourth-order valence-electron chi connectivity index (χ4n) is 2.86. The van der Waals surface area contributed by atoms with Crippen LogP contribution in [0.4, 0.5) is 10.7 Å². The zero-order chi connectivity index (χ0) is 18.1. The van der Waals surface area contributed by atoms with E-state index in [1.165, 1.54) is 5.56 Å². The van der Waals surface area contributed by atoms with Crippen LogP contribution in [-0.2, 0) is 4.74 Å². The van der Waals surface area contributed by atoms with E-state index in [-0.39, 0.29) is 5.97 Å². The number of nitrogens with zero attached hydrogens (tertiary/aromatic N) is 1. The summed E-state index contributed by atoms with van der Waals surface area (Å²) in [5, 5.41) is 5.33. The molecule has 25 heavy (non-hydrogen) atoms. The lowest BCUT2D eigenvalue weighted by molar-refractivity contribution is 0.0527. The number of hydrogen-bond acceptors (Lipinski definition) is 5. The number of esters is 1. The van der Waals surface area contributed by atoms with Gasteiger partial charge in [0.05, 0.1) is 23.4 Å². The van der Waals surface area contributed by atoms with Gasteiger partial charge in [-0.1, -0.05) is 11.6 Å². The number of anilines is 2. The molecule has 3 rings (SSSR count). The van der Waals surface area contributed by atoms with Crippen molar-refractivity contribution in [3.8, 4) is 0 Å². The molecule has 0 bridgehead atoms. The van der Waals surface area contributed by atoms with E-state index < -0.39 is 0 Å². The molecule has 1 aromatic carbocycles. The smallest absolute Gasteiger partial charge is 0.341 e. The molecule has 3 aromatic rings. The zero-order valence-corrected chi connectivity index (χ0v) is 16.0. The lowest BCUT2D eigenvalue weighted by Gasteiger charge is -2.12. The molecular formula is C20H22N2O2S. The van der Waals surface area contributed by atoms with Gasteiger partial charge >= 0.3 is 5.97 Å². The molecule has 130 valence electrons. The minimum absolute atomic E-state index is 0.280. The van der Waals surface area contributed by atoms with Crippen LogP contribution in [-0.4, -0.2) is 17.6 Å². The van der Waals surface area contributed by atoms with E-state index in [0.29, 0.717) is 12.2 Å². The maximum Gasteiger partial charge on any atom is 0.341 e. The fraction of sp³-hybridized carbons (Fsp3) is 0.300. The molecule has 1 N–H and O–H groups in total. The summed E-state index contributed by atoms with van der Waals surface area (Å²) in [6.45, 7) is 10.2. The number of ether oxygens (including phenoxy) is 1. The van der Waals surface area contributed by atoms with E-state index in [1.54, 1.807) is 11.3 Å². The highest BCUT2D eigenvalue weighted by Gasteiger charge is 2.21. The Kier molecular flexibility index (Phi) is 4.77. The van der Waals surface area contributed by atoms with Crippen molar-refractivity contribution < 1.29 is 9.53 Å². The second kappa shape index (κ2) is 6.84. The van der Waals surface area contributed by atoms with Crippen LogP contribution in [0.3, 0.4) is 0 Å². The predicted octanol–water partition coefficient (Wildman–Crippen LogP) is 5.45. The number of thiophene rings is 1. The number of carbonyl (C=O) groups excluding carboxylic acids is 1. The van der Waals surface area contributed by atoms with Gasteiger partial charge in [0.2, 0.25) is 0 Å². The number of hydrogen-bond donors (Lipinski definition) is 1. The van der Waals surface area contributed by atoms with Gasteiger partial charge in [0.1, 0.15) is 5.00 Å². The largest absolute Gasteiger partial charge is 0.462 e.